The molecule has 0 aromatic heterocycles. The average Bonchev–Trinajstić information content (AvgIpc) is 2.69. The van der Waals surface area contributed by atoms with Crippen LogP contribution >= 0.6 is 0 Å². The highest BCUT2D eigenvalue weighted by Gasteiger charge is 2.11. The van der Waals surface area contributed by atoms with Crippen LogP contribution in [0.15, 0.2) is 48.5 Å². The van der Waals surface area contributed by atoms with Crippen LogP contribution in [-0.2, 0) is 0 Å². The first kappa shape index (κ1) is 18.6. The molecule has 1 aliphatic heterocycles. The number of rotatable bonds is 6. The molecular weight excluding hydrogens is 324 g/mol. The van der Waals surface area contributed by atoms with Crippen molar-refractivity contribution in [2.75, 3.05) is 26.2 Å². The van der Waals surface area contributed by atoms with Gasteiger partial charge >= 0.3 is 0 Å². The van der Waals surface area contributed by atoms with Gasteiger partial charge in [0.15, 0.2) is 0 Å². The molecule has 1 atom stereocenters. The van der Waals surface area contributed by atoms with Crippen LogP contribution in [0.2, 0.25) is 0 Å². The standard InChI is InChI=1S/C22H28N2O2/c1-17(25)18-7-5-8-19(15-18)20-9-6-10-21(16-20)22(26)23-11-14-24-12-3-2-4-13-24/h5-10,15-17,25H,2-4,11-14H2,1H3,(H,23,26)/t17-/m1/s1. The summed E-state index contributed by atoms with van der Waals surface area (Å²) in [4.78, 5) is 14.9. The van der Waals surface area contributed by atoms with E-state index in [0.29, 0.717) is 12.1 Å². The van der Waals surface area contributed by atoms with Gasteiger partial charge in [-0.15, -0.1) is 0 Å². The van der Waals surface area contributed by atoms with Crippen LogP contribution in [0.5, 0.6) is 0 Å². The highest BCUT2D eigenvalue weighted by atomic mass is 16.3. The molecule has 2 N–H and O–H groups in total. The molecule has 0 saturated carbocycles. The van der Waals surface area contributed by atoms with Gasteiger partial charge in [-0.25, -0.2) is 0 Å². The maximum absolute atomic E-state index is 12.5. The Kier molecular flexibility index (Phi) is 6.42. The molecule has 2 aromatic rings. The fourth-order valence-corrected chi connectivity index (χ4v) is 3.43. The number of likely N-dealkylation sites (tertiary alicyclic amines) is 1. The van der Waals surface area contributed by atoms with Gasteiger partial charge in [-0.05, 0) is 67.7 Å². The lowest BCUT2D eigenvalue weighted by molar-refractivity contribution is 0.0946. The molecule has 1 fully saturated rings. The van der Waals surface area contributed by atoms with E-state index in [1.54, 1.807) is 6.92 Å². The van der Waals surface area contributed by atoms with Crippen LogP contribution in [0, 0.1) is 0 Å². The summed E-state index contributed by atoms with van der Waals surface area (Å²) in [5, 5.41) is 12.8. The Morgan fingerprint density at radius 2 is 1.77 bits per heavy atom. The summed E-state index contributed by atoms with van der Waals surface area (Å²) in [6, 6.07) is 15.5. The molecule has 1 saturated heterocycles. The topological polar surface area (TPSA) is 52.6 Å². The summed E-state index contributed by atoms with van der Waals surface area (Å²) in [5.74, 6) is -0.0319. The van der Waals surface area contributed by atoms with E-state index in [1.165, 1.54) is 19.3 Å². The Morgan fingerprint density at radius 1 is 1.08 bits per heavy atom. The van der Waals surface area contributed by atoms with E-state index in [4.69, 9.17) is 0 Å². The number of piperidine rings is 1. The molecule has 0 unspecified atom stereocenters. The first-order valence-corrected chi connectivity index (χ1v) is 9.52. The molecule has 0 radical (unpaired) electrons. The van der Waals surface area contributed by atoms with Crippen molar-refractivity contribution >= 4 is 5.91 Å². The van der Waals surface area contributed by atoms with Crippen molar-refractivity contribution in [1.29, 1.82) is 0 Å². The third-order valence-electron chi connectivity index (χ3n) is 4.99. The molecule has 0 bridgehead atoms. The molecule has 1 heterocycles. The summed E-state index contributed by atoms with van der Waals surface area (Å²) < 4.78 is 0. The van der Waals surface area contributed by atoms with Gasteiger partial charge in [0.25, 0.3) is 5.91 Å². The normalized spacial score (nSPS) is 16.2. The number of benzene rings is 2. The van der Waals surface area contributed by atoms with Gasteiger partial charge in [0.2, 0.25) is 0 Å². The van der Waals surface area contributed by atoms with Gasteiger partial charge in [0.1, 0.15) is 0 Å². The molecular formula is C22H28N2O2. The molecule has 2 aromatic carbocycles. The molecule has 138 valence electrons. The number of carbonyl (C=O) groups is 1. The minimum Gasteiger partial charge on any atom is -0.389 e. The van der Waals surface area contributed by atoms with Gasteiger partial charge in [-0.3, -0.25) is 4.79 Å². The predicted octanol–water partition coefficient (Wildman–Crippen LogP) is 3.62. The van der Waals surface area contributed by atoms with E-state index in [9.17, 15) is 9.90 Å². The van der Waals surface area contributed by atoms with Crippen LogP contribution < -0.4 is 5.32 Å². The second-order valence-corrected chi connectivity index (χ2v) is 7.04. The second kappa shape index (κ2) is 8.97. The number of aliphatic hydroxyl groups is 1. The van der Waals surface area contributed by atoms with Crippen molar-refractivity contribution in [3.8, 4) is 11.1 Å². The maximum Gasteiger partial charge on any atom is 0.251 e. The van der Waals surface area contributed by atoms with Crippen molar-refractivity contribution in [3.63, 3.8) is 0 Å². The van der Waals surface area contributed by atoms with E-state index >= 15 is 0 Å². The lowest BCUT2D eigenvalue weighted by atomic mass is 9.99. The summed E-state index contributed by atoms with van der Waals surface area (Å²) in [7, 11) is 0. The quantitative estimate of drug-likeness (QED) is 0.835. The van der Waals surface area contributed by atoms with Crippen molar-refractivity contribution in [2.24, 2.45) is 0 Å². The number of nitrogens with one attached hydrogen (secondary N) is 1. The number of hydrogen-bond acceptors (Lipinski definition) is 3. The Labute approximate surface area is 155 Å². The van der Waals surface area contributed by atoms with E-state index in [-0.39, 0.29) is 5.91 Å². The second-order valence-electron chi connectivity index (χ2n) is 7.04. The zero-order chi connectivity index (χ0) is 18.4. The highest BCUT2D eigenvalue weighted by Crippen LogP contribution is 2.24. The van der Waals surface area contributed by atoms with Gasteiger partial charge in [0.05, 0.1) is 6.10 Å². The van der Waals surface area contributed by atoms with Crippen LogP contribution in [0.4, 0.5) is 0 Å². The number of nitrogens with zero attached hydrogens (tertiary/aromatic N) is 1. The molecule has 1 amide bonds. The van der Waals surface area contributed by atoms with E-state index < -0.39 is 6.10 Å². The molecule has 4 nitrogen and oxygen atoms in total. The summed E-state index contributed by atoms with van der Waals surface area (Å²) in [6.45, 7) is 5.64. The Hall–Kier alpha value is -2.17. The van der Waals surface area contributed by atoms with Crippen LogP contribution in [0.25, 0.3) is 11.1 Å². The molecule has 0 aliphatic carbocycles. The van der Waals surface area contributed by atoms with Gasteiger partial charge < -0.3 is 15.3 Å². The fraction of sp³-hybridized carbons (Fsp3) is 0.409. The Morgan fingerprint density at radius 3 is 2.50 bits per heavy atom. The van der Waals surface area contributed by atoms with Crippen molar-refractivity contribution in [2.45, 2.75) is 32.3 Å². The lowest BCUT2D eigenvalue weighted by Crippen LogP contribution is -2.37. The van der Waals surface area contributed by atoms with Crippen LogP contribution in [-0.4, -0.2) is 42.1 Å². The van der Waals surface area contributed by atoms with Gasteiger partial charge in [0, 0.05) is 18.7 Å². The maximum atomic E-state index is 12.5. The molecule has 3 rings (SSSR count). The van der Waals surface area contributed by atoms with Crippen molar-refractivity contribution < 1.29 is 9.90 Å². The van der Waals surface area contributed by atoms with Gasteiger partial charge in [-0.1, -0.05) is 36.8 Å². The Balaban J connectivity index is 1.63. The summed E-state index contributed by atoms with van der Waals surface area (Å²) in [5.41, 5.74) is 3.53. The molecule has 1 aliphatic rings. The molecule has 4 heteroatoms. The zero-order valence-corrected chi connectivity index (χ0v) is 15.4. The first-order chi connectivity index (χ1) is 12.6. The third kappa shape index (κ3) is 4.93. The van der Waals surface area contributed by atoms with E-state index in [1.807, 2.05) is 48.5 Å². The zero-order valence-electron chi connectivity index (χ0n) is 15.4. The van der Waals surface area contributed by atoms with Crippen molar-refractivity contribution in [1.82, 2.24) is 10.2 Å². The highest BCUT2D eigenvalue weighted by molar-refractivity contribution is 5.95. The molecule has 26 heavy (non-hydrogen) atoms. The van der Waals surface area contributed by atoms with Gasteiger partial charge in [-0.2, -0.15) is 0 Å². The predicted molar refractivity (Wildman–Crippen MR) is 105 cm³/mol. The summed E-state index contributed by atoms with van der Waals surface area (Å²) >= 11 is 0. The largest absolute Gasteiger partial charge is 0.389 e. The smallest absolute Gasteiger partial charge is 0.251 e. The first-order valence-electron chi connectivity index (χ1n) is 9.52. The average molecular weight is 352 g/mol. The van der Waals surface area contributed by atoms with Crippen LogP contribution in [0.3, 0.4) is 0 Å². The minimum atomic E-state index is -0.504. The van der Waals surface area contributed by atoms with E-state index in [0.717, 1.165) is 36.3 Å². The van der Waals surface area contributed by atoms with Crippen molar-refractivity contribution in [3.05, 3.63) is 59.7 Å². The molecule has 0 spiro atoms. The number of hydrogen-bond donors (Lipinski definition) is 2. The lowest BCUT2D eigenvalue weighted by Gasteiger charge is -2.26. The number of aliphatic hydroxyl groups excluding tert-OH is 1. The number of carbonyl (C=O) groups excluding carboxylic acids is 1. The SMILES string of the molecule is C[C@@H](O)c1cccc(-c2cccc(C(=O)NCCN3CCCCC3)c2)c1. The summed E-state index contributed by atoms with van der Waals surface area (Å²) in [6.07, 6.45) is 3.35. The number of amides is 1. The monoisotopic (exact) mass is 352 g/mol. The fourth-order valence-electron chi connectivity index (χ4n) is 3.43. The van der Waals surface area contributed by atoms with E-state index in [2.05, 4.69) is 10.2 Å². The Bertz CT molecular complexity index is 736. The minimum absolute atomic E-state index is 0.0319. The third-order valence-corrected chi connectivity index (χ3v) is 4.99. The van der Waals surface area contributed by atoms with Crippen LogP contribution in [0.1, 0.15) is 48.2 Å².